The Kier molecular flexibility index (Phi) is 4.20. The SMILES string of the molecule is CC(C#Cc1ccccc1)(C(=O)O)c1cccc(C=O)c1. The molecule has 0 fully saturated rings. The van der Waals surface area contributed by atoms with Gasteiger partial charge in [0.15, 0.2) is 5.41 Å². The van der Waals surface area contributed by atoms with Crippen molar-refractivity contribution < 1.29 is 14.7 Å². The van der Waals surface area contributed by atoms with Crippen LogP contribution in [0.25, 0.3) is 0 Å². The van der Waals surface area contributed by atoms with E-state index in [0.29, 0.717) is 17.4 Å². The fraction of sp³-hybridized carbons (Fsp3) is 0.111. The van der Waals surface area contributed by atoms with E-state index in [1.165, 1.54) is 6.92 Å². The standard InChI is InChI=1S/C18H14O3/c1-18(17(20)21,11-10-14-6-3-2-4-7-14)16-9-5-8-15(12-16)13-19/h2-9,12-13H,1H3,(H,20,21). The highest BCUT2D eigenvalue weighted by atomic mass is 16.4. The van der Waals surface area contributed by atoms with Crippen LogP contribution in [0.2, 0.25) is 0 Å². The first-order valence-corrected chi connectivity index (χ1v) is 6.43. The topological polar surface area (TPSA) is 54.4 Å². The number of hydrogen-bond acceptors (Lipinski definition) is 2. The molecule has 0 spiro atoms. The van der Waals surface area contributed by atoms with Gasteiger partial charge in [-0.15, -0.1) is 0 Å². The Hall–Kier alpha value is -2.86. The summed E-state index contributed by atoms with van der Waals surface area (Å²) in [5.74, 6) is 4.65. The normalized spacial score (nSPS) is 12.6. The first-order chi connectivity index (χ1) is 10.1. The molecule has 21 heavy (non-hydrogen) atoms. The zero-order chi connectivity index (χ0) is 15.3. The number of aliphatic carboxylic acids is 1. The molecule has 3 nitrogen and oxygen atoms in total. The van der Waals surface area contributed by atoms with Crippen LogP contribution in [0.4, 0.5) is 0 Å². The van der Waals surface area contributed by atoms with E-state index in [1.807, 2.05) is 30.3 Å². The first kappa shape index (κ1) is 14.5. The van der Waals surface area contributed by atoms with Crippen LogP contribution in [0.15, 0.2) is 54.6 Å². The predicted molar refractivity (Wildman–Crippen MR) is 80.1 cm³/mol. The van der Waals surface area contributed by atoms with Crippen LogP contribution in [0, 0.1) is 11.8 Å². The van der Waals surface area contributed by atoms with Crippen LogP contribution in [-0.4, -0.2) is 17.4 Å². The maximum absolute atomic E-state index is 11.7. The summed E-state index contributed by atoms with van der Waals surface area (Å²) >= 11 is 0. The number of carbonyl (C=O) groups excluding carboxylic acids is 1. The van der Waals surface area contributed by atoms with Gasteiger partial charge in [0.2, 0.25) is 0 Å². The second-order valence-electron chi connectivity index (χ2n) is 4.79. The van der Waals surface area contributed by atoms with Gasteiger partial charge in [-0.1, -0.05) is 48.2 Å². The molecule has 0 radical (unpaired) electrons. The number of carboxylic acids is 1. The lowest BCUT2D eigenvalue weighted by Crippen LogP contribution is -2.30. The summed E-state index contributed by atoms with van der Waals surface area (Å²) in [6.07, 6.45) is 0.691. The van der Waals surface area contributed by atoms with Crippen LogP contribution in [-0.2, 0) is 10.2 Å². The molecule has 2 aromatic carbocycles. The second kappa shape index (κ2) is 6.06. The van der Waals surface area contributed by atoms with E-state index in [0.717, 1.165) is 5.56 Å². The Morgan fingerprint density at radius 3 is 2.48 bits per heavy atom. The summed E-state index contributed by atoms with van der Waals surface area (Å²) in [4.78, 5) is 22.5. The van der Waals surface area contributed by atoms with Crippen LogP contribution in [0.1, 0.15) is 28.4 Å². The summed E-state index contributed by atoms with van der Waals surface area (Å²) in [6, 6.07) is 15.7. The number of aldehydes is 1. The Bertz CT molecular complexity index is 723. The minimum atomic E-state index is -1.37. The number of benzene rings is 2. The lowest BCUT2D eigenvalue weighted by atomic mass is 9.82. The molecule has 0 heterocycles. The molecule has 2 rings (SSSR count). The minimum absolute atomic E-state index is 0.432. The molecular formula is C18H14O3. The molecule has 0 aliphatic rings. The van der Waals surface area contributed by atoms with Crippen molar-refractivity contribution in [2.24, 2.45) is 0 Å². The summed E-state index contributed by atoms with van der Waals surface area (Å²) in [5.41, 5.74) is 0.301. The average molecular weight is 278 g/mol. The third-order valence-corrected chi connectivity index (χ3v) is 3.26. The van der Waals surface area contributed by atoms with Gasteiger partial charge in [-0.25, -0.2) is 0 Å². The van der Waals surface area contributed by atoms with E-state index in [-0.39, 0.29) is 0 Å². The summed E-state index contributed by atoms with van der Waals surface area (Å²) in [7, 11) is 0. The van der Waals surface area contributed by atoms with Crippen molar-refractivity contribution in [2.45, 2.75) is 12.3 Å². The molecule has 0 saturated carbocycles. The van der Waals surface area contributed by atoms with Crippen molar-refractivity contribution in [3.63, 3.8) is 0 Å². The molecule has 0 aromatic heterocycles. The minimum Gasteiger partial charge on any atom is -0.480 e. The summed E-state index contributed by atoms with van der Waals surface area (Å²) in [5, 5.41) is 9.54. The molecule has 0 aliphatic carbocycles. The van der Waals surface area contributed by atoms with Crippen molar-refractivity contribution in [1.29, 1.82) is 0 Å². The zero-order valence-corrected chi connectivity index (χ0v) is 11.5. The number of hydrogen-bond donors (Lipinski definition) is 1. The molecule has 0 amide bonds. The van der Waals surface area contributed by atoms with Gasteiger partial charge in [0, 0.05) is 11.1 Å². The van der Waals surface area contributed by atoms with E-state index in [1.54, 1.807) is 24.3 Å². The molecule has 104 valence electrons. The first-order valence-electron chi connectivity index (χ1n) is 6.43. The van der Waals surface area contributed by atoms with Crippen molar-refractivity contribution in [3.8, 4) is 11.8 Å². The maximum Gasteiger partial charge on any atom is 0.326 e. The molecule has 1 N–H and O–H groups in total. The third kappa shape index (κ3) is 3.18. The monoisotopic (exact) mass is 278 g/mol. The van der Waals surface area contributed by atoms with Crippen molar-refractivity contribution in [2.75, 3.05) is 0 Å². The summed E-state index contributed by atoms with van der Waals surface area (Å²) < 4.78 is 0. The summed E-state index contributed by atoms with van der Waals surface area (Å²) in [6.45, 7) is 1.54. The second-order valence-corrected chi connectivity index (χ2v) is 4.79. The van der Waals surface area contributed by atoms with Gasteiger partial charge in [-0.2, -0.15) is 0 Å². The van der Waals surface area contributed by atoms with Crippen molar-refractivity contribution >= 4 is 12.3 Å². The van der Waals surface area contributed by atoms with Gasteiger partial charge >= 0.3 is 5.97 Å². The quantitative estimate of drug-likeness (QED) is 0.693. The van der Waals surface area contributed by atoms with Crippen LogP contribution >= 0.6 is 0 Å². The van der Waals surface area contributed by atoms with Gasteiger partial charge in [0.25, 0.3) is 0 Å². The van der Waals surface area contributed by atoms with Crippen LogP contribution < -0.4 is 0 Å². The zero-order valence-electron chi connectivity index (χ0n) is 11.5. The van der Waals surface area contributed by atoms with Gasteiger partial charge in [-0.05, 0) is 30.7 Å². The molecule has 1 unspecified atom stereocenters. The van der Waals surface area contributed by atoms with Crippen LogP contribution in [0.3, 0.4) is 0 Å². The predicted octanol–water partition coefficient (Wildman–Crippen LogP) is 2.89. The fourth-order valence-corrected chi connectivity index (χ4v) is 1.89. The largest absolute Gasteiger partial charge is 0.480 e. The highest BCUT2D eigenvalue weighted by Gasteiger charge is 2.33. The van der Waals surface area contributed by atoms with Crippen molar-refractivity contribution in [3.05, 3.63) is 71.3 Å². The lowest BCUT2D eigenvalue weighted by molar-refractivity contribution is -0.140. The van der Waals surface area contributed by atoms with Gasteiger partial charge < -0.3 is 5.11 Å². The Labute approximate surface area is 123 Å². The maximum atomic E-state index is 11.7. The number of carbonyl (C=O) groups is 2. The van der Waals surface area contributed by atoms with Gasteiger partial charge in [0.05, 0.1) is 0 Å². The molecule has 0 aliphatic heterocycles. The smallest absolute Gasteiger partial charge is 0.326 e. The average Bonchev–Trinajstić information content (AvgIpc) is 2.53. The number of rotatable bonds is 3. The fourth-order valence-electron chi connectivity index (χ4n) is 1.89. The van der Waals surface area contributed by atoms with E-state index >= 15 is 0 Å². The van der Waals surface area contributed by atoms with E-state index in [4.69, 9.17) is 0 Å². The molecule has 0 bridgehead atoms. The lowest BCUT2D eigenvalue weighted by Gasteiger charge is -2.19. The van der Waals surface area contributed by atoms with Gasteiger partial charge in [-0.3, -0.25) is 9.59 Å². The molecular weight excluding hydrogens is 264 g/mol. The highest BCUT2D eigenvalue weighted by Crippen LogP contribution is 2.24. The number of carboxylic acid groups (broad SMARTS) is 1. The van der Waals surface area contributed by atoms with Crippen molar-refractivity contribution in [1.82, 2.24) is 0 Å². The van der Waals surface area contributed by atoms with E-state index in [9.17, 15) is 14.7 Å². The molecule has 1 atom stereocenters. The van der Waals surface area contributed by atoms with E-state index < -0.39 is 11.4 Å². The Morgan fingerprint density at radius 1 is 1.14 bits per heavy atom. The van der Waals surface area contributed by atoms with Gasteiger partial charge in [0.1, 0.15) is 6.29 Å². The highest BCUT2D eigenvalue weighted by molar-refractivity contribution is 5.86. The van der Waals surface area contributed by atoms with Crippen LogP contribution in [0.5, 0.6) is 0 Å². The van der Waals surface area contributed by atoms with E-state index in [2.05, 4.69) is 11.8 Å². The molecule has 2 aromatic rings. The Balaban J connectivity index is 2.48. The molecule has 0 saturated heterocycles. The molecule has 3 heteroatoms. The Morgan fingerprint density at radius 2 is 1.86 bits per heavy atom. The third-order valence-electron chi connectivity index (χ3n) is 3.26.